The van der Waals surface area contributed by atoms with E-state index in [0.717, 1.165) is 29.0 Å². The van der Waals surface area contributed by atoms with Gasteiger partial charge in [0.1, 0.15) is 5.84 Å². The minimum absolute atomic E-state index is 0.702. The van der Waals surface area contributed by atoms with E-state index < -0.39 is 0 Å². The number of aliphatic imine (C=N–C) groups is 1. The van der Waals surface area contributed by atoms with Gasteiger partial charge in [-0.15, -0.1) is 0 Å². The van der Waals surface area contributed by atoms with Crippen LogP contribution in [0.15, 0.2) is 21.6 Å². The van der Waals surface area contributed by atoms with Crippen LogP contribution >= 0.6 is 15.9 Å². The van der Waals surface area contributed by atoms with E-state index in [1.54, 1.807) is 14.2 Å². The summed E-state index contributed by atoms with van der Waals surface area (Å²) < 4.78 is 11.5. The van der Waals surface area contributed by atoms with Crippen LogP contribution in [0.3, 0.4) is 0 Å². The maximum atomic E-state index is 5.36. The average Bonchev–Trinajstić information content (AvgIpc) is 2.75. The van der Waals surface area contributed by atoms with Crippen LogP contribution in [0.25, 0.3) is 0 Å². The van der Waals surface area contributed by atoms with Gasteiger partial charge < -0.3 is 14.4 Å². The number of nitrogens with zero attached hydrogens (tertiary/aromatic N) is 2. The van der Waals surface area contributed by atoms with Gasteiger partial charge in [-0.2, -0.15) is 0 Å². The van der Waals surface area contributed by atoms with Crippen LogP contribution < -0.4 is 9.47 Å². The van der Waals surface area contributed by atoms with Crippen molar-refractivity contribution in [3.63, 3.8) is 0 Å². The first kappa shape index (κ1) is 12.2. The fraction of sp³-hybridized carbons (Fsp3) is 0.417. The van der Waals surface area contributed by atoms with Crippen molar-refractivity contribution in [2.75, 3.05) is 34.4 Å². The number of rotatable bonds is 3. The second-order valence-electron chi connectivity index (χ2n) is 3.79. The SMILES string of the molecule is COc1ccc(C2=NCCN2C)c(Br)c1OC. The average molecular weight is 299 g/mol. The quantitative estimate of drug-likeness (QED) is 0.857. The van der Waals surface area contributed by atoms with Crippen molar-refractivity contribution in [2.45, 2.75) is 0 Å². The van der Waals surface area contributed by atoms with Gasteiger partial charge in [0, 0.05) is 19.2 Å². The normalized spacial score (nSPS) is 14.8. The van der Waals surface area contributed by atoms with Gasteiger partial charge >= 0.3 is 0 Å². The molecule has 0 saturated carbocycles. The number of benzene rings is 1. The minimum Gasteiger partial charge on any atom is -0.493 e. The first-order valence-electron chi connectivity index (χ1n) is 5.35. The molecular formula is C12H15BrN2O2. The van der Waals surface area contributed by atoms with Crippen LogP contribution in [0, 0.1) is 0 Å². The Kier molecular flexibility index (Phi) is 3.57. The fourth-order valence-electron chi connectivity index (χ4n) is 1.89. The molecule has 0 bridgehead atoms. The van der Waals surface area contributed by atoms with Crippen molar-refractivity contribution in [1.82, 2.24) is 4.90 Å². The van der Waals surface area contributed by atoms with E-state index >= 15 is 0 Å². The molecule has 1 aromatic carbocycles. The molecule has 17 heavy (non-hydrogen) atoms. The number of halogens is 1. The molecule has 0 unspecified atom stereocenters. The summed E-state index contributed by atoms with van der Waals surface area (Å²) in [6.07, 6.45) is 0. The molecule has 92 valence electrons. The molecule has 0 fully saturated rings. The van der Waals surface area contributed by atoms with Crippen molar-refractivity contribution < 1.29 is 9.47 Å². The molecule has 1 aliphatic rings. The standard InChI is InChI=1S/C12H15BrN2O2/c1-15-7-6-14-12(15)8-4-5-9(16-2)11(17-3)10(8)13/h4-5H,6-7H2,1-3H3. The zero-order valence-electron chi connectivity index (χ0n) is 10.2. The zero-order chi connectivity index (χ0) is 12.4. The van der Waals surface area contributed by atoms with Crippen LogP contribution in [0.2, 0.25) is 0 Å². The summed E-state index contributed by atoms with van der Waals surface area (Å²) in [4.78, 5) is 6.63. The lowest BCUT2D eigenvalue weighted by Gasteiger charge is -2.17. The number of methoxy groups -OCH3 is 2. The third kappa shape index (κ3) is 2.11. The number of hydrogen-bond acceptors (Lipinski definition) is 4. The molecule has 0 radical (unpaired) electrons. The van der Waals surface area contributed by atoms with Crippen LogP contribution in [-0.2, 0) is 0 Å². The van der Waals surface area contributed by atoms with E-state index in [2.05, 4.69) is 25.8 Å². The smallest absolute Gasteiger partial charge is 0.175 e. The molecule has 0 saturated heterocycles. The molecule has 0 spiro atoms. The Labute approximate surface area is 109 Å². The molecule has 1 heterocycles. The van der Waals surface area contributed by atoms with Crippen molar-refractivity contribution in [3.8, 4) is 11.5 Å². The summed E-state index contributed by atoms with van der Waals surface area (Å²) in [7, 11) is 5.30. The third-order valence-corrected chi connectivity index (χ3v) is 3.57. The molecule has 2 rings (SSSR count). The highest BCUT2D eigenvalue weighted by Gasteiger charge is 2.21. The molecule has 1 aliphatic heterocycles. The first-order valence-corrected chi connectivity index (χ1v) is 6.14. The number of amidine groups is 1. The fourth-order valence-corrected chi connectivity index (χ4v) is 2.55. The predicted octanol–water partition coefficient (Wildman–Crippen LogP) is 2.16. The summed E-state index contributed by atoms with van der Waals surface area (Å²) in [5.74, 6) is 2.40. The van der Waals surface area contributed by atoms with E-state index in [4.69, 9.17) is 9.47 Å². The van der Waals surface area contributed by atoms with Crippen molar-refractivity contribution in [1.29, 1.82) is 0 Å². The Balaban J connectivity index is 2.49. The van der Waals surface area contributed by atoms with E-state index in [9.17, 15) is 0 Å². The second kappa shape index (κ2) is 4.96. The molecule has 0 N–H and O–H groups in total. The van der Waals surface area contributed by atoms with Gasteiger partial charge in [-0.05, 0) is 28.1 Å². The summed E-state index contributed by atoms with van der Waals surface area (Å²) in [6, 6.07) is 3.89. The molecule has 0 atom stereocenters. The van der Waals surface area contributed by atoms with Gasteiger partial charge in [-0.1, -0.05) is 0 Å². The Morgan fingerprint density at radius 1 is 1.29 bits per heavy atom. The molecule has 5 heteroatoms. The third-order valence-electron chi connectivity index (χ3n) is 2.78. The Morgan fingerprint density at radius 3 is 2.59 bits per heavy atom. The number of likely N-dealkylation sites (N-methyl/N-ethyl adjacent to an activating group) is 1. The molecule has 0 aromatic heterocycles. The highest BCUT2D eigenvalue weighted by molar-refractivity contribution is 9.10. The van der Waals surface area contributed by atoms with Crippen LogP contribution in [0.4, 0.5) is 0 Å². The monoisotopic (exact) mass is 298 g/mol. The number of ether oxygens (including phenoxy) is 2. The summed E-state index contributed by atoms with van der Waals surface area (Å²) in [5.41, 5.74) is 1.03. The molecular weight excluding hydrogens is 284 g/mol. The summed E-state index contributed by atoms with van der Waals surface area (Å²) in [6.45, 7) is 1.79. The molecule has 1 aromatic rings. The molecule has 0 aliphatic carbocycles. The van der Waals surface area contributed by atoms with Crippen LogP contribution in [0.5, 0.6) is 11.5 Å². The Hall–Kier alpha value is -1.23. The van der Waals surface area contributed by atoms with E-state index in [0.29, 0.717) is 11.5 Å². The van der Waals surface area contributed by atoms with Gasteiger partial charge in [0.15, 0.2) is 11.5 Å². The van der Waals surface area contributed by atoms with Crippen molar-refractivity contribution in [2.24, 2.45) is 4.99 Å². The van der Waals surface area contributed by atoms with E-state index in [1.807, 2.05) is 19.2 Å². The van der Waals surface area contributed by atoms with Crippen molar-refractivity contribution >= 4 is 21.8 Å². The lowest BCUT2D eigenvalue weighted by molar-refractivity contribution is 0.353. The lowest BCUT2D eigenvalue weighted by Crippen LogP contribution is -2.23. The van der Waals surface area contributed by atoms with Gasteiger partial charge in [0.25, 0.3) is 0 Å². The maximum Gasteiger partial charge on any atom is 0.175 e. The second-order valence-corrected chi connectivity index (χ2v) is 4.58. The topological polar surface area (TPSA) is 34.1 Å². The van der Waals surface area contributed by atoms with Crippen LogP contribution in [0.1, 0.15) is 5.56 Å². The minimum atomic E-state index is 0.702. The van der Waals surface area contributed by atoms with Gasteiger partial charge in [0.2, 0.25) is 0 Å². The molecule has 0 amide bonds. The van der Waals surface area contributed by atoms with Gasteiger partial charge in [0.05, 0.1) is 25.2 Å². The maximum absolute atomic E-state index is 5.36. The Bertz CT molecular complexity index is 460. The highest BCUT2D eigenvalue weighted by atomic mass is 79.9. The van der Waals surface area contributed by atoms with Crippen LogP contribution in [-0.4, -0.2) is 45.1 Å². The Morgan fingerprint density at radius 2 is 2.06 bits per heavy atom. The lowest BCUT2D eigenvalue weighted by atomic mass is 10.1. The molecule has 4 nitrogen and oxygen atoms in total. The van der Waals surface area contributed by atoms with E-state index in [-0.39, 0.29) is 0 Å². The summed E-state index contributed by atoms with van der Waals surface area (Å²) >= 11 is 3.56. The highest BCUT2D eigenvalue weighted by Crippen LogP contribution is 2.38. The predicted molar refractivity (Wildman–Crippen MR) is 71.3 cm³/mol. The number of hydrogen-bond donors (Lipinski definition) is 0. The largest absolute Gasteiger partial charge is 0.493 e. The first-order chi connectivity index (χ1) is 8.19. The van der Waals surface area contributed by atoms with Gasteiger partial charge in [-0.3, -0.25) is 4.99 Å². The van der Waals surface area contributed by atoms with Gasteiger partial charge in [-0.25, -0.2) is 0 Å². The van der Waals surface area contributed by atoms with E-state index in [1.165, 1.54) is 0 Å². The zero-order valence-corrected chi connectivity index (χ0v) is 11.7. The van der Waals surface area contributed by atoms with Crippen molar-refractivity contribution in [3.05, 3.63) is 22.2 Å². The summed E-state index contributed by atoms with van der Waals surface area (Å²) in [5, 5.41) is 0.